The van der Waals surface area contributed by atoms with Gasteiger partial charge in [0.15, 0.2) is 0 Å². The lowest BCUT2D eigenvalue weighted by atomic mass is 10.0. The molecule has 0 radical (unpaired) electrons. The molecule has 13 heavy (non-hydrogen) atoms. The number of nitrogens with one attached hydrogen (secondary N) is 2. The van der Waals surface area contributed by atoms with Gasteiger partial charge in [-0.25, -0.2) is 4.72 Å². The van der Waals surface area contributed by atoms with Gasteiger partial charge in [-0.05, 0) is 13.8 Å². The van der Waals surface area contributed by atoms with Crippen LogP contribution in [0.2, 0.25) is 0 Å². The van der Waals surface area contributed by atoms with E-state index in [2.05, 4.69) is 10.0 Å². The summed E-state index contributed by atoms with van der Waals surface area (Å²) < 4.78 is 26.6. The highest BCUT2D eigenvalue weighted by molar-refractivity contribution is 7.87. The van der Waals surface area contributed by atoms with Crippen LogP contribution in [0, 0.1) is 0 Å². The zero-order chi connectivity index (χ0) is 10.1. The highest BCUT2D eigenvalue weighted by Gasteiger charge is 2.31. The highest BCUT2D eigenvalue weighted by Crippen LogP contribution is 2.12. The molecule has 2 N–H and O–H groups in total. The first-order chi connectivity index (χ1) is 5.87. The fourth-order valence-electron chi connectivity index (χ4n) is 1.43. The Hall–Kier alpha value is -0.170. The standard InChI is InChI=1S/C7H17N3O2S/c1-7(2)6-10(5-4-9-7)13(11,12)8-3/h8-9H,4-6H2,1-3H3. The van der Waals surface area contributed by atoms with Gasteiger partial charge in [0.25, 0.3) is 10.2 Å². The second-order valence-corrected chi connectivity index (χ2v) is 5.73. The average molecular weight is 207 g/mol. The maximum atomic E-state index is 11.4. The first kappa shape index (κ1) is 10.9. The molecule has 0 aliphatic carbocycles. The topological polar surface area (TPSA) is 61.4 Å². The van der Waals surface area contributed by atoms with E-state index in [0.29, 0.717) is 19.6 Å². The summed E-state index contributed by atoms with van der Waals surface area (Å²) in [6.45, 7) is 5.73. The van der Waals surface area contributed by atoms with E-state index in [1.54, 1.807) is 0 Å². The Labute approximate surface area is 79.7 Å². The Bertz CT molecular complexity index is 273. The lowest BCUT2D eigenvalue weighted by molar-refractivity contribution is 0.232. The van der Waals surface area contributed by atoms with Crippen LogP contribution in [-0.2, 0) is 10.2 Å². The van der Waals surface area contributed by atoms with E-state index in [9.17, 15) is 8.42 Å². The molecule has 1 aliphatic heterocycles. The maximum absolute atomic E-state index is 11.4. The van der Waals surface area contributed by atoms with Crippen LogP contribution in [0.1, 0.15) is 13.8 Å². The first-order valence-corrected chi connectivity index (χ1v) is 5.75. The summed E-state index contributed by atoms with van der Waals surface area (Å²) in [6, 6.07) is 0. The molecule has 1 heterocycles. The molecule has 0 aromatic rings. The molecule has 0 saturated carbocycles. The highest BCUT2D eigenvalue weighted by atomic mass is 32.2. The first-order valence-electron chi connectivity index (χ1n) is 4.31. The molecule has 1 saturated heterocycles. The Morgan fingerprint density at radius 1 is 1.46 bits per heavy atom. The normalized spacial score (nSPS) is 24.5. The summed E-state index contributed by atoms with van der Waals surface area (Å²) in [5, 5.41) is 3.25. The van der Waals surface area contributed by atoms with Gasteiger partial charge in [-0.2, -0.15) is 12.7 Å². The third-order valence-electron chi connectivity index (χ3n) is 2.13. The number of rotatable bonds is 2. The molecule has 0 aromatic heterocycles. The van der Waals surface area contributed by atoms with Gasteiger partial charge < -0.3 is 5.32 Å². The molecule has 1 rings (SSSR count). The molecule has 0 unspecified atom stereocenters. The Balaban J connectivity index is 2.73. The van der Waals surface area contributed by atoms with E-state index in [4.69, 9.17) is 0 Å². The molecular formula is C7H17N3O2S. The van der Waals surface area contributed by atoms with Gasteiger partial charge in [0.2, 0.25) is 0 Å². The van der Waals surface area contributed by atoms with Crippen LogP contribution in [0.4, 0.5) is 0 Å². The molecule has 0 amide bonds. The van der Waals surface area contributed by atoms with Gasteiger partial charge in [-0.15, -0.1) is 0 Å². The van der Waals surface area contributed by atoms with Crippen LogP contribution in [-0.4, -0.2) is 44.9 Å². The van der Waals surface area contributed by atoms with E-state index < -0.39 is 10.2 Å². The van der Waals surface area contributed by atoms with Crippen molar-refractivity contribution in [3.8, 4) is 0 Å². The van der Waals surface area contributed by atoms with Crippen molar-refractivity contribution < 1.29 is 8.42 Å². The molecule has 78 valence electrons. The number of hydrogen-bond donors (Lipinski definition) is 2. The van der Waals surface area contributed by atoms with Crippen molar-refractivity contribution in [2.45, 2.75) is 19.4 Å². The van der Waals surface area contributed by atoms with Gasteiger partial charge in [0, 0.05) is 32.2 Å². The Kier molecular flexibility index (Phi) is 2.96. The van der Waals surface area contributed by atoms with Crippen molar-refractivity contribution in [2.24, 2.45) is 0 Å². The quantitative estimate of drug-likeness (QED) is 0.619. The van der Waals surface area contributed by atoms with Gasteiger partial charge in [0.05, 0.1) is 0 Å². The van der Waals surface area contributed by atoms with E-state index in [-0.39, 0.29) is 5.54 Å². The third-order valence-corrected chi connectivity index (χ3v) is 3.64. The smallest absolute Gasteiger partial charge is 0.279 e. The lowest BCUT2D eigenvalue weighted by Crippen LogP contribution is -2.59. The van der Waals surface area contributed by atoms with Crippen molar-refractivity contribution in [1.82, 2.24) is 14.3 Å². The van der Waals surface area contributed by atoms with Crippen molar-refractivity contribution in [3.63, 3.8) is 0 Å². The summed E-state index contributed by atoms with van der Waals surface area (Å²) in [4.78, 5) is 0. The van der Waals surface area contributed by atoms with E-state index >= 15 is 0 Å². The molecule has 0 bridgehead atoms. The predicted octanol–water partition coefficient (Wildman–Crippen LogP) is -0.866. The molecule has 5 nitrogen and oxygen atoms in total. The number of piperazine rings is 1. The molecule has 0 atom stereocenters. The minimum Gasteiger partial charge on any atom is -0.309 e. The lowest BCUT2D eigenvalue weighted by Gasteiger charge is -2.37. The summed E-state index contributed by atoms with van der Waals surface area (Å²) in [5.74, 6) is 0. The predicted molar refractivity (Wildman–Crippen MR) is 51.6 cm³/mol. The number of nitrogens with zero attached hydrogens (tertiary/aromatic N) is 1. The van der Waals surface area contributed by atoms with Crippen LogP contribution in [0.5, 0.6) is 0 Å². The van der Waals surface area contributed by atoms with Gasteiger partial charge in [-0.1, -0.05) is 0 Å². The summed E-state index contributed by atoms with van der Waals surface area (Å²) in [7, 11) is -1.81. The Morgan fingerprint density at radius 2 is 2.08 bits per heavy atom. The van der Waals surface area contributed by atoms with Crippen LogP contribution in [0.25, 0.3) is 0 Å². The molecule has 0 spiro atoms. The van der Waals surface area contributed by atoms with Crippen molar-refractivity contribution in [1.29, 1.82) is 0 Å². The minimum absolute atomic E-state index is 0.137. The maximum Gasteiger partial charge on any atom is 0.279 e. The van der Waals surface area contributed by atoms with Crippen molar-refractivity contribution in [2.75, 3.05) is 26.7 Å². The average Bonchev–Trinajstić information content (AvgIpc) is 2.03. The molecular weight excluding hydrogens is 190 g/mol. The molecule has 0 aromatic carbocycles. The van der Waals surface area contributed by atoms with Crippen LogP contribution in [0.15, 0.2) is 0 Å². The van der Waals surface area contributed by atoms with Crippen LogP contribution >= 0.6 is 0 Å². The third kappa shape index (κ3) is 2.63. The minimum atomic E-state index is -3.25. The molecule has 6 heteroatoms. The van der Waals surface area contributed by atoms with Crippen molar-refractivity contribution >= 4 is 10.2 Å². The van der Waals surface area contributed by atoms with E-state index in [0.717, 1.165) is 0 Å². The Morgan fingerprint density at radius 3 is 2.54 bits per heavy atom. The van der Waals surface area contributed by atoms with E-state index in [1.165, 1.54) is 11.4 Å². The van der Waals surface area contributed by atoms with Crippen LogP contribution < -0.4 is 10.0 Å². The second-order valence-electron chi connectivity index (χ2n) is 3.85. The van der Waals surface area contributed by atoms with Crippen LogP contribution in [0.3, 0.4) is 0 Å². The molecule has 1 fully saturated rings. The fraction of sp³-hybridized carbons (Fsp3) is 1.00. The van der Waals surface area contributed by atoms with Gasteiger partial charge in [0.1, 0.15) is 0 Å². The van der Waals surface area contributed by atoms with E-state index in [1.807, 2.05) is 13.8 Å². The van der Waals surface area contributed by atoms with Gasteiger partial charge in [-0.3, -0.25) is 0 Å². The molecule has 1 aliphatic rings. The SMILES string of the molecule is CNS(=O)(=O)N1CCNC(C)(C)C1. The van der Waals surface area contributed by atoms with Crippen molar-refractivity contribution in [3.05, 3.63) is 0 Å². The second kappa shape index (κ2) is 3.53. The summed E-state index contributed by atoms with van der Waals surface area (Å²) >= 11 is 0. The summed E-state index contributed by atoms with van der Waals surface area (Å²) in [6.07, 6.45) is 0. The van der Waals surface area contributed by atoms with Gasteiger partial charge >= 0.3 is 0 Å². The zero-order valence-electron chi connectivity index (χ0n) is 8.29. The monoisotopic (exact) mass is 207 g/mol. The zero-order valence-corrected chi connectivity index (χ0v) is 9.11. The number of hydrogen-bond acceptors (Lipinski definition) is 3. The summed E-state index contributed by atoms with van der Waals surface area (Å²) in [5.41, 5.74) is -0.137. The fourth-order valence-corrected chi connectivity index (χ4v) is 2.51. The largest absolute Gasteiger partial charge is 0.309 e.